The Labute approximate surface area is 153 Å². The minimum absolute atomic E-state index is 0.393. The van der Waals surface area contributed by atoms with Crippen molar-refractivity contribution in [3.05, 3.63) is 0 Å². The Morgan fingerprint density at radius 1 is 1.08 bits per heavy atom. The molecular formula is C19H38N4O2. The van der Waals surface area contributed by atoms with Crippen molar-refractivity contribution in [1.29, 1.82) is 0 Å². The van der Waals surface area contributed by atoms with Crippen LogP contribution in [-0.4, -0.2) is 76.6 Å². The summed E-state index contributed by atoms with van der Waals surface area (Å²) in [5.74, 6) is 1.81. The first-order chi connectivity index (χ1) is 12.3. The van der Waals surface area contributed by atoms with Crippen LogP contribution in [0, 0.1) is 5.92 Å². The summed E-state index contributed by atoms with van der Waals surface area (Å²) in [6, 6.07) is 0. The van der Waals surface area contributed by atoms with Crippen molar-refractivity contribution >= 4 is 5.96 Å². The molecule has 6 heteroatoms. The molecule has 0 aromatic carbocycles. The molecule has 0 aliphatic carbocycles. The van der Waals surface area contributed by atoms with Crippen LogP contribution < -0.4 is 10.6 Å². The van der Waals surface area contributed by atoms with Crippen LogP contribution in [0.3, 0.4) is 0 Å². The average Bonchev–Trinajstić information content (AvgIpc) is 2.65. The molecule has 2 N–H and O–H groups in total. The molecule has 2 saturated heterocycles. The second kappa shape index (κ2) is 12.5. The number of nitrogens with zero attached hydrogens (tertiary/aromatic N) is 2. The first-order valence-corrected chi connectivity index (χ1v) is 10.1. The Morgan fingerprint density at radius 3 is 2.44 bits per heavy atom. The molecule has 2 aliphatic rings. The predicted octanol–water partition coefficient (Wildman–Crippen LogP) is 1.86. The molecule has 2 rings (SSSR count). The van der Waals surface area contributed by atoms with Crippen LogP contribution in [0.25, 0.3) is 0 Å². The Hall–Kier alpha value is -0.850. The minimum Gasteiger partial charge on any atom is -0.381 e. The molecule has 0 aromatic heterocycles. The van der Waals surface area contributed by atoms with Gasteiger partial charge in [0.1, 0.15) is 0 Å². The number of guanidine groups is 1. The van der Waals surface area contributed by atoms with Gasteiger partial charge in [-0.15, -0.1) is 0 Å². The molecule has 0 amide bonds. The maximum Gasteiger partial charge on any atom is 0.190 e. The molecule has 0 atom stereocenters. The topological polar surface area (TPSA) is 58.1 Å². The molecule has 2 fully saturated rings. The number of aliphatic imine (C=N–C) groups is 1. The van der Waals surface area contributed by atoms with E-state index in [1.807, 2.05) is 7.05 Å². The summed E-state index contributed by atoms with van der Waals surface area (Å²) in [6.07, 6.45) is 7.34. The highest BCUT2D eigenvalue weighted by Crippen LogP contribution is 2.15. The van der Waals surface area contributed by atoms with Gasteiger partial charge in [-0.25, -0.2) is 0 Å². The van der Waals surface area contributed by atoms with E-state index in [-0.39, 0.29) is 0 Å². The van der Waals surface area contributed by atoms with E-state index in [4.69, 9.17) is 9.47 Å². The molecule has 6 nitrogen and oxygen atoms in total. The first kappa shape index (κ1) is 20.5. The Kier molecular flexibility index (Phi) is 10.2. The summed E-state index contributed by atoms with van der Waals surface area (Å²) < 4.78 is 11.2. The third-order valence-corrected chi connectivity index (χ3v) is 5.18. The van der Waals surface area contributed by atoms with Crippen molar-refractivity contribution in [2.24, 2.45) is 10.9 Å². The third kappa shape index (κ3) is 8.88. The summed E-state index contributed by atoms with van der Waals surface area (Å²) in [4.78, 5) is 6.88. The molecule has 146 valence electrons. The van der Waals surface area contributed by atoms with Crippen LogP contribution in [0.1, 0.15) is 45.4 Å². The third-order valence-electron chi connectivity index (χ3n) is 5.18. The monoisotopic (exact) mass is 354 g/mol. The Balaban J connectivity index is 1.43. The lowest BCUT2D eigenvalue weighted by Gasteiger charge is -2.30. The molecule has 2 aliphatic heterocycles. The maximum atomic E-state index is 5.89. The lowest BCUT2D eigenvalue weighted by molar-refractivity contribution is -0.0320. The number of ether oxygens (including phenoxy) is 2. The largest absolute Gasteiger partial charge is 0.381 e. The van der Waals surface area contributed by atoms with Gasteiger partial charge in [0.2, 0.25) is 0 Å². The summed E-state index contributed by atoms with van der Waals surface area (Å²) in [6.45, 7) is 10.5. The maximum absolute atomic E-state index is 5.89. The van der Waals surface area contributed by atoms with E-state index in [1.54, 1.807) is 0 Å². The fraction of sp³-hybridized carbons (Fsp3) is 0.947. The molecule has 0 bridgehead atoms. The van der Waals surface area contributed by atoms with Gasteiger partial charge < -0.3 is 25.0 Å². The summed E-state index contributed by atoms with van der Waals surface area (Å²) in [5, 5.41) is 6.78. The van der Waals surface area contributed by atoms with Gasteiger partial charge in [0.25, 0.3) is 0 Å². The van der Waals surface area contributed by atoms with Gasteiger partial charge in [0.05, 0.1) is 6.10 Å². The lowest BCUT2D eigenvalue weighted by atomic mass is 9.99. The lowest BCUT2D eigenvalue weighted by Crippen LogP contribution is -2.40. The van der Waals surface area contributed by atoms with Gasteiger partial charge in [-0.2, -0.15) is 0 Å². The van der Waals surface area contributed by atoms with Crippen molar-refractivity contribution in [3.8, 4) is 0 Å². The molecule has 25 heavy (non-hydrogen) atoms. The molecular weight excluding hydrogens is 316 g/mol. The zero-order valence-corrected chi connectivity index (χ0v) is 16.3. The molecule has 0 unspecified atom stereocenters. The van der Waals surface area contributed by atoms with Crippen LogP contribution in [-0.2, 0) is 9.47 Å². The van der Waals surface area contributed by atoms with Crippen LogP contribution in [0.4, 0.5) is 0 Å². The van der Waals surface area contributed by atoms with Crippen molar-refractivity contribution in [1.82, 2.24) is 15.5 Å². The van der Waals surface area contributed by atoms with Crippen LogP contribution >= 0.6 is 0 Å². The smallest absolute Gasteiger partial charge is 0.190 e. The molecule has 0 radical (unpaired) electrons. The summed E-state index contributed by atoms with van der Waals surface area (Å²) >= 11 is 0. The quantitative estimate of drug-likeness (QED) is 0.376. The number of likely N-dealkylation sites (tertiary alicyclic amines) is 1. The predicted molar refractivity (Wildman–Crippen MR) is 103 cm³/mol. The van der Waals surface area contributed by atoms with Crippen LogP contribution in [0.5, 0.6) is 0 Å². The second-order valence-electron chi connectivity index (χ2n) is 7.34. The van der Waals surface area contributed by atoms with Crippen molar-refractivity contribution < 1.29 is 9.47 Å². The number of hydrogen-bond acceptors (Lipinski definition) is 4. The van der Waals surface area contributed by atoms with E-state index in [0.29, 0.717) is 6.10 Å². The Morgan fingerprint density at radius 2 is 1.76 bits per heavy atom. The zero-order chi connectivity index (χ0) is 17.7. The highest BCUT2D eigenvalue weighted by atomic mass is 16.5. The minimum atomic E-state index is 0.393. The fourth-order valence-corrected chi connectivity index (χ4v) is 3.39. The number of rotatable bonds is 9. The van der Waals surface area contributed by atoms with E-state index in [9.17, 15) is 0 Å². The fourth-order valence-electron chi connectivity index (χ4n) is 3.39. The van der Waals surface area contributed by atoms with E-state index in [2.05, 4.69) is 27.4 Å². The van der Waals surface area contributed by atoms with E-state index >= 15 is 0 Å². The van der Waals surface area contributed by atoms with Crippen LogP contribution in [0.15, 0.2) is 4.99 Å². The van der Waals surface area contributed by atoms with Crippen molar-refractivity contribution in [2.75, 3.05) is 59.6 Å². The van der Waals surface area contributed by atoms with E-state index in [0.717, 1.165) is 64.1 Å². The van der Waals surface area contributed by atoms with Crippen molar-refractivity contribution in [3.63, 3.8) is 0 Å². The van der Waals surface area contributed by atoms with Crippen LogP contribution in [0.2, 0.25) is 0 Å². The van der Waals surface area contributed by atoms with Gasteiger partial charge in [-0.3, -0.25) is 4.99 Å². The second-order valence-corrected chi connectivity index (χ2v) is 7.34. The summed E-state index contributed by atoms with van der Waals surface area (Å²) in [7, 11) is 1.83. The van der Waals surface area contributed by atoms with Gasteiger partial charge in [0, 0.05) is 40.0 Å². The van der Waals surface area contributed by atoms with Gasteiger partial charge in [-0.05, 0) is 64.1 Å². The number of nitrogens with one attached hydrogen (secondary N) is 2. The molecule has 0 spiro atoms. The SMILES string of the molecule is CN=C(NCCCOC1CCOCC1)NCCCN1CCC(C)CC1. The molecule has 0 aromatic rings. The van der Waals surface area contributed by atoms with E-state index < -0.39 is 0 Å². The molecule has 0 saturated carbocycles. The number of hydrogen-bond donors (Lipinski definition) is 2. The Bertz CT molecular complexity index is 364. The zero-order valence-electron chi connectivity index (χ0n) is 16.3. The average molecular weight is 355 g/mol. The van der Waals surface area contributed by atoms with Gasteiger partial charge >= 0.3 is 0 Å². The van der Waals surface area contributed by atoms with Gasteiger partial charge in [0.15, 0.2) is 5.96 Å². The van der Waals surface area contributed by atoms with Crippen molar-refractivity contribution in [2.45, 2.75) is 51.6 Å². The highest BCUT2D eigenvalue weighted by molar-refractivity contribution is 5.79. The standard InChI is InChI=1S/C19H38N4O2/c1-17-5-12-23(13-6-17)11-3-9-21-19(20-2)22-10-4-14-25-18-7-15-24-16-8-18/h17-18H,3-16H2,1-2H3,(H2,20,21,22). The highest BCUT2D eigenvalue weighted by Gasteiger charge is 2.15. The first-order valence-electron chi connectivity index (χ1n) is 10.1. The molecule has 2 heterocycles. The summed E-state index contributed by atoms with van der Waals surface area (Å²) in [5.41, 5.74) is 0. The number of piperidine rings is 1. The normalized spacial score (nSPS) is 21.4. The van der Waals surface area contributed by atoms with Gasteiger partial charge in [-0.1, -0.05) is 6.92 Å². The van der Waals surface area contributed by atoms with E-state index in [1.165, 1.54) is 38.9 Å².